The monoisotopic (exact) mass is 385 g/mol. The highest BCUT2D eigenvalue weighted by molar-refractivity contribution is 7.85. The summed E-state index contributed by atoms with van der Waals surface area (Å²) in [6, 6.07) is 3.66. The molecule has 2 aliphatic rings. The van der Waals surface area contributed by atoms with E-state index in [1.54, 1.807) is 0 Å². The van der Waals surface area contributed by atoms with Crippen molar-refractivity contribution in [1.82, 2.24) is 0 Å². The largest absolute Gasteiger partial charge is 0.748 e. The molecule has 0 aromatic heterocycles. The first kappa shape index (κ1) is 19.1. The van der Waals surface area contributed by atoms with E-state index in [2.05, 4.69) is 0 Å². The van der Waals surface area contributed by atoms with E-state index in [0.717, 1.165) is 31.7 Å². The fourth-order valence-electron chi connectivity index (χ4n) is 4.27. The van der Waals surface area contributed by atoms with Gasteiger partial charge in [0.15, 0.2) is 11.6 Å². The molecule has 1 aromatic rings. The summed E-state index contributed by atoms with van der Waals surface area (Å²) in [7, 11) is -4.46. The first-order valence-corrected chi connectivity index (χ1v) is 10.4. The van der Waals surface area contributed by atoms with Crippen LogP contribution in [0.3, 0.4) is 0 Å². The smallest absolute Gasteiger partial charge is 0.338 e. The van der Waals surface area contributed by atoms with Crippen LogP contribution in [-0.4, -0.2) is 36.9 Å². The number of carbonyl (C=O) groups excluding carboxylic acids is 1. The molecule has 3 atom stereocenters. The molecule has 26 heavy (non-hydrogen) atoms. The Morgan fingerprint density at radius 3 is 2.73 bits per heavy atom. The molecule has 0 saturated heterocycles. The Labute approximate surface area is 152 Å². The third-order valence-corrected chi connectivity index (χ3v) is 6.23. The maximum Gasteiger partial charge on any atom is 0.338 e. The number of esters is 1. The van der Waals surface area contributed by atoms with E-state index >= 15 is 0 Å². The fourth-order valence-corrected chi connectivity index (χ4v) is 4.56. The lowest BCUT2D eigenvalue weighted by atomic mass is 9.82. The quantitative estimate of drug-likeness (QED) is 0.529. The van der Waals surface area contributed by atoms with Crippen LogP contribution < -0.4 is 4.74 Å². The van der Waals surface area contributed by atoms with E-state index in [0.29, 0.717) is 11.8 Å². The fraction of sp³-hybridized carbons (Fsp3) is 0.611. The van der Waals surface area contributed by atoms with Crippen LogP contribution in [0.1, 0.15) is 49.4 Å². The molecule has 0 aliphatic heterocycles. The molecule has 2 fully saturated rings. The molecule has 3 unspecified atom stereocenters. The number of hydrogen-bond donors (Lipinski definition) is 0. The van der Waals surface area contributed by atoms with E-state index in [4.69, 9.17) is 9.47 Å². The van der Waals surface area contributed by atoms with Crippen molar-refractivity contribution in [3.05, 3.63) is 29.6 Å². The van der Waals surface area contributed by atoms with Crippen molar-refractivity contribution in [3.8, 4) is 5.75 Å². The van der Waals surface area contributed by atoms with Crippen LogP contribution in [0.15, 0.2) is 18.2 Å². The minimum absolute atomic E-state index is 0.00490. The van der Waals surface area contributed by atoms with Crippen molar-refractivity contribution in [2.75, 3.05) is 12.4 Å². The number of hydrogen-bond acceptors (Lipinski definition) is 6. The van der Waals surface area contributed by atoms with Crippen LogP contribution in [0.25, 0.3) is 0 Å². The molecule has 2 saturated carbocycles. The van der Waals surface area contributed by atoms with Crippen molar-refractivity contribution in [1.29, 1.82) is 0 Å². The van der Waals surface area contributed by atoms with Crippen molar-refractivity contribution in [3.63, 3.8) is 0 Å². The van der Waals surface area contributed by atoms with Gasteiger partial charge in [0.25, 0.3) is 0 Å². The minimum Gasteiger partial charge on any atom is -0.748 e. The summed E-state index contributed by atoms with van der Waals surface area (Å²) in [6.07, 6.45) is 5.02. The molecule has 0 spiro atoms. The van der Waals surface area contributed by atoms with Gasteiger partial charge in [-0.3, -0.25) is 0 Å². The Kier molecular flexibility index (Phi) is 5.25. The Balaban J connectivity index is 1.72. The van der Waals surface area contributed by atoms with E-state index in [9.17, 15) is 22.2 Å². The zero-order chi connectivity index (χ0) is 18.9. The molecule has 2 bridgehead atoms. The topological polar surface area (TPSA) is 92.7 Å². The molecule has 0 N–H and O–H groups in total. The van der Waals surface area contributed by atoms with Gasteiger partial charge in [-0.25, -0.2) is 17.6 Å². The highest BCUT2D eigenvalue weighted by Gasteiger charge is 2.52. The number of benzene rings is 1. The molecule has 1 aromatic carbocycles. The second-order valence-electron chi connectivity index (χ2n) is 7.14. The van der Waals surface area contributed by atoms with Crippen molar-refractivity contribution < 1.29 is 31.6 Å². The van der Waals surface area contributed by atoms with Crippen LogP contribution >= 0.6 is 0 Å². The summed E-state index contributed by atoms with van der Waals surface area (Å²) in [4.78, 5) is 12.0. The normalized spacial score (nSPS) is 27.5. The molecular formula is C18H22FO6S-. The van der Waals surface area contributed by atoms with Crippen LogP contribution in [0, 0.1) is 17.7 Å². The number of carbonyl (C=O) groups is 1. The Morgan fingerprint density at radius 1 is 1.38 bits per heavy atom. The summed E-state index contributed by atoms with van der Waals surface area (Å²) in [5, 5.41) is 0. The number of rotatable bonds is 7. The lowest BCUT2D eigenvalue weighted by molar-refractivity contribution is 0.00598. The maximum absolute atomic E-state index is 14.2. The zero-order valence-electron chi connectivity index (χ0n) is 14.6. The second-order valence-corrected chi connectivity index (χ2v) is 8.67. The molecule has 3 rings (SSSR count). The van der Waals surface area contributed by atoms with Crippen LogP contribution in [0.5, 0.6) is 5.75 Å². The number of ether oxygens (including phenoxy) is 2. The summed E-state index contributed by atoms with van der Waals surface area (Å²) in [6.45, 7) is 1.49. The first-order valence-electron chi connectivity index (χ1n) is 8.81. The van der Waals surface area contributed by atoms with Gasteiger partial charge in [-0.05, 0) is 62.1 Å². The highest BCUT2D eigenvalue weighted by atomic mass is 32.2. The molecule has 0 amide bonds. The summed E-state index contributed by atoms with van der Waals surface area (Å²) >= 11 is 0. The highest BCUT2D eigenvalue weighted by Crippen LogP contribution is 2.54. The van der Waals surface area contributed by atoms with Gasteiger partial charge in [0.2, 0.25) is 0 Å². The standard InChI is InChI=1S/C18H23FO6S/c1-2-18(11-12-3-5-14(18)9-12)25-16-10-13(4-6-15(16)19)17(20)24-7-8-26(21,22)23/h4,6,10,12,14H,2-3,5,7-9,11H2,1H3,(H,21,22,23)/p-1. The summed E-state index contributed by atoms with van der Waals surface area (Å²) in [5.41, 5.74) is -0.345. The predicted molar refractivity (Wildman–Crippen MR) is 90.3 cm³/mol. The molecule has 8 heteroatoms. The molecule has 0 radical (unpaired) electrons. The Morgan fingerprint density at radius 2 is 2.15 bits per heavy atom. The first-order chi connectivity index (χ1) is 12.2. The van der Waals surface area contributed by atoms with Crippen molar-refractivity contribution in [2.24, 2.45) is 11.8 Å². The minimum atomic E-state index is -4.46. The van der Waals surface area contributed by atoms with Crippen molar-refractivity contribution >= 4 is 16.1 Å². The van der Waals surface area contributed by atoms with E-state index in [1.165, 1.54) is 18.6 Å². The van der Waals surface area contributed by atoms with Gasteiger partial charge in [-0.15, -0.1) is 0 Å². The third kappa shape index (κ3) is 4.01. The average Bonchev–Trinajstić information content (AvgIpc) is 3.17. The predicted octanol–water partition coefficient (Wildman–Crippen LogP) is 2.88. The van der Waals surface area contributed by atoms with Crippen LogP contribution in [-0.2, 0) is 14.9 Å². The lowest BCUT2D eigenvalue weighted by Gasteiger charge is -2.37. The van der Waals surface area contributed by atoms with Crippen LogP contribution in [0.2, 0.25) is 0 Å². The van der Waals surface area contributed by atoms with Gasteiger partial charge in [0.05, 0.1) is 21.4 Å². The Bertz CT molecular complexity index is 793. The Hall–Kier alpha value is -1.67. The van der Waals surface area contributed by atoms with E-state index in [1.807, 2.05) is 6.92 Å². The summed E-state index contributed by atoms with van der Waals surface area (Å²) in [5.74, 6) is -1.16. The maximum atomic E-state index is 14.2. The van der Waals surface area contributed by atoms with Gasteiger partial charge >= 0.3 is 5.97 Å². The SMILES string of the molecule is CCC1(Oc2cc(C(=O)OCCS(=O)(=O)[O-])ccc2F)CC2CCC1C2. The zero-order valence-corrected chi connectivity index (χ0v) is 15.4. The van der Waals surface area contributed by atoms with E-state index in [-0.39, 0.29) is 11.3 Å². The molecular weight excluding hydrogens is 363 g/mol. The summed E-state index contributed by atoms with van der Waals surface area (Å²) < 4.78 is 56.8. The van der Waals surface area contributed by atoms with Gasteiger partial charge in [-0.1, -0.05) is 6.92 Å². The second kappa shape index (κ2) is 7.15. The number of halogens is 1. The van der Waals surface area contributed by atoms with Gasteiger partial charge < -0.3 is 14.0 Å². The molecule has 144 valence electrons. The lowest BCUT2D eigenvalue weighted by Crippen LogP contribution is -2.41. The van der Waals surface area contributed by atoms with E-state index < -0.39 is 39.9 Å². The van der Waals surface area contributed by atoms with Crippen molar-refractivity contribution in [2.45, 2.75) is 44.6 Å². The third-order valence-electron chi connectivity index (χ3n) is 5.56. The van der Waals surface area contributed by atoms with Gasteiger partial charge in [-0.2, -0.15) is 0 Å². The molecule has 0 heterocycles. The molecule has 6 nitrogen and oxygen atoms in total. The van der Waals surface area contributed by atoms with Crippen LogP contribution in [0.4, 0.5) is 4.39 Å². The average molecular weight is 385 g/mol. The number of fused-ring (bicyclic) bond motifs is 2. The van der Waals surface area contributed by atoms with Gasteiger partial charge in [0.1, 0.15) is 12.2 Å². The van der Waals surface area contributed by atoms with Gasteiger partial charge in [0, 0.05) is 0 Å². The molecule has 2 aliphatic carbocycles.